The van der Waals surface area contributed by atoms with Gasteiger partial charge in [0.2, 0.25) is 10.0 Å². The van der Waals surface area contributed by atoms with Gasteiger partial charge in [-0.3, -0.25) is 9.89 Å². The van der Waals surface area contributed by atoms with E-state index >= 15 is 0 Å². The Kier molecular flexibility index (Phi) is 5.79. The number of hydrogen-bond donors (Lipinski definition) is 2. The number of aromatic nitrogens is 2. The standard InChI is InChI=1S/C20H22N4O3S2/c25-20(21-14-15-4-6-16(7-5-15)17-8-10-22-23-17)19-18(9-13-28-19)29(26,27)24-11-2-1-3-12-24/h4-10,13H,1-3,11-12,14H2,(H,21,25)(H,22,23). The van der Waals surface area contributed by atoms with Gasteiger partial charge in [0.05, 0.1) is 5.69 Å². The SMILES string of the molecule is O=C(NCc1ccc(-c2ccn[nH]2)cc1)c1sccc1S(=O)(=O)N1CCCCC1. The monoisotopic (exact) mass is 430 g/mol. The maximum Gasteiger partial charge on any atom is 0.263 e. The molecule has 0 bridgehead atoms. The van der Waals surface area contributed by atoms with Gasteiger partial charge < -0.3 is 5.32 Å². The molecule has 0 aliphatic carbocycles. The molecule has 29 heavy (non-hydrogen) atoms. The lowest BCUT2D eigenvalue weighted by Crippen LogP contribution is -2.36. The molecule has 152 valence electrons. The van der Waals surface area contributed by atoms with Crippen molar-refractivity contribution in [3.05, 3.63) is 58.4 Å². The fourth-order valence-electron chi connectivity index (χ4n) is 3.39. The molecule has 1 amide bonds. The molecule has 3 aromatic rings. The van der Waals surface area contributed by atoms with Gasteiger partial charge in [0, 0.05) is 25.8 Å². The van der Waals surface area contributed by atoms with Gasteiger partial charge in [-0.1, -0.05) is 30.7 Å². The lowest BCUT2D eigenvalue weighted by Gasteiger charge is -2.25. The van der Waals surface area contributed by atoms with E-state index in [4.69, 9.17) is 0 Å². The number of nitrogens with one attached hydrogen (secondary N) is 2. The largest absolute Gasteiger partial charge is 0.347 e. The van der Waals surface area contributed by atoms with Gasteiger partial charge in [-0.25, -0.2) is 8.42 Å². The van der Waals surface area contributed by atoms with E-state index in [0.29, 0.717) is 19.6 Å². The summed E-state index contributed by atoms with van der Waals surface area (Å²) in [5.74, 6) is -0.367. The average Bonchev–Trinajstić information content (AvgIpc) is 3.45. The Hall–Kier alpha value is -2.49. The van der Waals surface area contributed by atoms with Crippen molar-refractivity contribution in [2.45, 2.75) is 30.7 Å². The molecule has 3 heterocycles. The first-order chi connectivity index (χ1) is 14.1. The molecule has 2 N–H and O–H groups in total. The number of benzene rings is 1. The number of carbonyl (C=O) groups is 1. The molecular weight excluding hydrogens is 408 g/mol. The van der Waals surface area contributed by atoms with E-state index in [9.17, 15) is 13.2 Å². The maximum absolute atomic E-state index is 12.9. The molecule has 0 spiro atoms. The molecule has 0 atom stereocenters. The third kappa shape index (κ3) is 4.26. The number of H-pyrrole nitrogens is 1. The Balaban J connectivity index is 1.44. The minimum atomic E-state index is -3.63. The highest BCUT2D eigenvalue weighted by atomic mass is 32.2. The predicted molar refractivity (Wildman–Crippen MR) is 112 cm³/mol. The van der Waals surface area contributed by atoms with E-state index in [1.165, 1.54) is 10.4 Å². The summed E-state index contributed by atoms with van der Waals surface area (Å²) in [5, 5.41) is 11.3. The Bertz CT molecular complexity index is 1070. The number of sulfonamides is 1. The van der Waals surface area contributed by atoms with Gasteiger partial charge in [0.25, 0.3) is 5.91 Å². The van der Waals surface area contributed by atoms with Crippen molar-refractivity contribution in [3.8, 4) is 11.3 Å². The van der Waals surface area contributed by atoms with Crippen molar-refractivity contribution in [2.75, 3.05) is 13.1 Å². The van der Waals surface area contributed by atoms with Crippen molar-refractivity contribution in [1.29, 1.82) is 0 Å². The molecule has 1 fully saturated rings. The minimum absolute atomic E-state index is 0.108. The number of hydrogen-bond acceptors (Lipinski definition) is 5. The summed E-state index contributed by atoms with van der Waals surface area (Å²) in [7, 11) is -3.63. The fraction of sp³-hybridized carbons (Fsp3) is 0.300. The molecule has 9 heteroatoms. The molecular formula is C20H22N4O3S2. The van der Waals surface area contributed by atoms with Crippen LogP contribution < -0.4 is 5.32 Å². The lowest BCUT2D eigenvalue weighted by molar-refractivity contribution is 0.0952. The van der Waals surface area contributed by atoms with Crippen LogP contribution >= 0.6 is 11.3 Å². The number of nitrogens with zero attached hydrogens (tertiary/aromatic N) is 2. The second kappa shape index (κ2) is 8.48. The molecule has 4 rings (SSSR count). The van der Waals surface area contributed by atoms with Crippen LogP contribution in [0.2, 0.25) is 0 Å². The summed E-state index contributed by atoms with van der Waals surface area (Å²) in [6, 6.07) is 11.2. The summed E-state index contributed by atoms with van der Waals surface area (Å²) >= 11 is 1.16. The smallest absolute Gasteiger partial charge is 0.263 e. The number of piperidine rings is 1. The number of aromatic amines is 1. The van der Waals surface area contributed by atoms with E-state index in [0.717, 1.165) is 47.4 Å². The molecule has 0 radical (unpaired) electrons. The van der Waals surface area contributed by atoms with Gasteiger partial charge in [0.15, 0.2) is 0 Å². The number of amides is 1. The first-order valence-electron chi connectivity index (χ1n) is 9.50. The summed E-state index contributed by atoms with van der Waals surface area (Å²) in [4.78, 5) is 13.0. The first-order valence-corrected chi connectivity index (χ1v) is 11.8. The minimum Gasteiger partial charge on any atom is -0.347 e. The van der Waals surface area contributed by atoms with Crippen LogP contribution in [-0.2, 0) is 16.6 Å². The van der Waals surface area contributed by atoms with Crippen molar-refractivity contribution >= 4 is 27.3 Å². The second-order valence-electron chi connectivity index (χ2n) is 6.93. The van der Waals surface area contributed by atoms with E-state index in [-0.39, 0.29) is 15.7 Å². The lowest BCUT2D eigenvalue weighted by atomic mass is 10.1. The van der Waals surface area contributed by atoms with Gasteiger partial charge in [-0.2, -0.15) is 9.40 Å². The highest BCUT2D eigenvalue weighted by Gasteiger charge is 2.30. The van der Waals surface area contributed by atoms with Gasteiger partial charge in [-0.15, -0.1) is 11.3 Å². The zero-order valence-electron chi connectivity index (χ0n) is 15.8. The highest BCUT2D eigenvalue weighted by molar-refractivity contribution is 7.89. The highest BCUT2D eigenvalue weighted by Crippen LogP contribution is 2.27. The van der Waals surface area contributed by atoms with Crippen LogP contribution in [0.15, 0.2) is 52.9 Å². The van der Waals surface area contributed by atoms with E-state index in [1.54, 1.807) is 11.6 Å². The molecule has 0 saturated carbocycles. The van der Waals surface area contributed by atoms with Crippen molar-refractivity contribution in [3.63, 3.8) is 0 Å². The molecule has 7 nitrogen and oxygen atoms in total. The van der Waals surface area contributed by atoms with Crippen LogP contribution in [0.5, 0.6) is 0 Å². The normalized spacial score (nSPS) is 15.3. The molecule has 1 aliphatic heterocycles. The second-order valence-corrected chi connectivity index (χ2v) is 9.75. The first kappa shape index (κ1) is 19.8. The van der Waals surface area contributed by atoms with E-state index in [1.807, 2.05) is 30.3 Å². The molecule has 1 aromatic carbocycles. The summed E-state index contributed by atoms with van der Waals surface area (Å²) in [5.41, 5.74) is 2.86. The van der Waals surface area contributed by atoms with Crippen LogP contribution in [0.3, 0.4) is 0 Å². The zero-order valence-corrected chi connectivity index (χ0v) is 17.4. The summed E-state index contributed by atoms with van der Waals surface area (Å²) in [6.45, 7) is 1.35. The van der Waals surface area contributed by atoms with Gasteiger partial charge >= 0.3 is 0 Å². The Labute approximate surface area is 173 Å². The molecule has 2 aromatic heterocycles. The number of rotatable bonds is 6. The molecule has 1 aliphatic rings. The van der Waals surface area contributed by atoms with Crippen LogP contribution in [0.4, 0.5) is 0 Å². The third-order valence-electron chi connectivity index (χ3n) is 4.99. The zero-order chi connectivity index (χ0) is 20.3. The van der Waals surface area contributed by atoms with Crippen molar-refractivity contribution in [1.82, 2.24) is 19.8 Å². The fourth-order valence-corrected chi connectivity index (χ4v) is 6.23. The van der Waals surface area contributed by atoms with Crippen molar-refractivity contribution < 1.29 is 13.2 Å². The maximum atomic E-state index is 12.9. The van der Waals surface area contributed by atoms with Gasteiger partial charge in [-0.05, 0) is 41.5 Å². The summed E-state index contributed by atoms with van der Waals surface area (Å²) < 4.78 is 27.4. The number of thiophene rings is 1. The van der Waals surface area contributed by atoms with E-state index < -0.39 is 10.0 Å². The van der Waals surface area contributed by atoms with Crippen LogP contribution in [0.1, 0.15) is 34.5 Å². The Morgan fingerprint density at radius 3 is 2.55 bits per heavy atom. The van der Waals surface area contributed by atoms with Gasteiger partial charge in [0.1, 0.15) is 9.77 Å². The number of carbonyl (C=O) groups excluding carboxylic acids is 1. The molecule has 1 saturated heterocycles. The van der Waals surface area contributed by atoms with Crippen LogP contribution in [0, 0.1) is 0 Å². The average molecular weight is 431 g/mol. The Morgan fingerprint density at radius 2 is 1.86 bits per heavy atom. The quantitative estimate of drug-likeness (QED) is 0.628. The van der Waals surface area contributed by atoms with Crippen LogP contribution in [0.25, 0.3) is 11.3 Å². The predicted octanol–water partition coefficient (Wildman–Crippen LogP) is 3.24. The topological polar surface area (TPSA) is 95.2 Å². The summed E-state index contributed by atoms with van der Waals surface area (Å²) in [6.07, 6.45) is 4.46. The van der Waals surface area contributed by atoms with E-state index in [2.05, 4.69) is 15.5 Å². The molecule has 0 unspecified atom stereocenters. The van der Waals surface area contributed by atoms with Crippen LogP contribution in [-0.4, -0.2) is 41.9 Å². The third-order valence-corrected chi connectivity index (χ3v) is 7.97. The van der Waals surface area contributed by atoms with Crippen molar-refractivity contribution in [2.24, 2.45) is 0 Å². The Morgan fingerprint density at radius 1 is 1.10 bits per heavy atom.